The first-order chi connectivity index (χ1) is 10.5. The first-order valence-corrected chi connectivity index (χ1v) is 9.46. The maximum absolute atomic E-state index is 12.1. The van der Waals surface area contributed by atoms with Crippen molar-refractivity contribution in [3.8, 4) is 0 Å². The number of rotatable bonds is 6. The van der Waals surface area contributed by atoms with Crippen molar-refractivity contribution in [2.45, 2.75) is 32.2 Å². The van der Waals surface area contributed by atoms with E-state index in [0.29, 0.717) is 30.6 Å². The van der Waals surface area contributed by atoms with Crippen LogP contribution < -0.4 is 15.4 Å². The maximum atomic E-state index is 12.1. The summed E-state index contributed by atoms with van der Waals surface area (Å²) in [4.78, 5) is 10.3. The van der Waals surface area contributed by atoms with Gasteiger partial charge in [-0.05, 0) is 31.1 Å². The lowest BCUT2D eigenvalue weighted by molar-refractivity contribution is 0.426. The molecule has 0 unspecified atom stereocenters. The van der Waals surface area contributed by atoms with Crippen LogP contribution in [0.1, 0.15) is 26.2 Å². The Morgan fingerprint density at radius 3 is 2.77 bits per heavy atom. The standard InChI is InChI=1S/C14H23N5O2S/c1-2-5-22(20,21)18-12-8-19(7-11(12)10-3-4-10)14-6-13(15)16-9-17-14/h6,9-12,18H,2-5,7-8H2,1H3,(H2,15,16,17)/t11-,12+/m0/s1. The molecule has 122 valence electrons. The smallest absolute Gasteiger partial charge is 0.211 e. The van der Waals surface area contributed by atoms with Crippen LogP contribution in [-0.2, 0) is 10.0 Å². The largest absolute Gasteiger partial charge is 0.384 e. The Hall–Kier alpha value is -1.41. The second-order valence-electron chi connectivity index (χ2n) is 6.25. The lowest BCUT2D eigenvalue weighted by atomic mass is 9.99. The highest BCUT2D eigenvalue weighted by atomic mass is 32.2. The molecule has 1 aliphatic carbocycles. The van der Waals surface area contributed by atoms with E-state index in [9.17, 15) is 8.42 Å². The molecule has 0 amide bonds. The molecule has 22 heavy (non-hydrogen) atoms. The molecule has 2 heterocycles. The first kappa shape index (κ1) is 15.5. The van der Waals surface area contributed by atoms with Crippen LogP contribution in [0.25, 0.3) is 0 Å². The highest BCUT2D eigenvalue weighted by molar-refractivity contribution is 7.89. The summed E-state index contributed by atoms with van der Waals surface area (Å²) in [7, 11) is -3.20. The molecule has 0 spiro atoms. The summed E-state index contributed by atoms with van der Waals surface area (Å²) in [6.07, 6.45) is 4.46. The van der Waals surface area contributed by atoms with E-state index in [1.165, 1.54) is 19.2 Å². The van der Waals surface area contributed by atoms with Crippen molar-refractivity contribution in [3.05, 3.63) is 12.4 Å². The van der Waals surface area contributed by atoms with Gasteiger partial charge in [0, 0.05) is 25.2 Å². The summed E-state index contributed by atoms with van der Waals surface area (Å²) in [6.45, 7) is 3.34. The lowest BCUT2D eigenvalue weighted by Crippen LogP contribution is -2.42. The van der Waals surface area contributed by atoms with Gasteiger partial charge in [0.1, 0.15) is 18.0 Å². The van der Waals surface area contributed by atoms with E-state index in [1.807, 2.05) is 6.92 Å². The predicted molar refractivity (Wildman–Crippen MR) is 85.9 cm³/mol. The van der Waals surface area contributed by atoms with Crippen LogP contribution in [0.2, 0.25) is 0 Å². The first-order valence-electron chi connectivity index (χ1n) is 7.81. The zero-order chi connectivity index (χ0) is 15.7. The van der Waals surface area contributed by atoms with Gasteiger partial charge in [-0.3, -0.25) is 0 Å². The van der Waals surface area contributed by atoms with E-state index in [4.69, 9.17) is 5.73 Å². The minimum atomic E-state index is -3.20. The zero-order valence-electron chi connectivity index (χ0n) is 12.8. The fourth-order valence-electron chi connectivity index (χ4n) is 3.24. The molecule has 2 atom stereocenters. The van der Waals surface area contributed by atoms with Gasteiger partial charge in [-0.25, -0.2) is 23.1 Å². The molecule has 0 radical (unpaired) electrons. The van der Waals surface area contributed by atoms with Crippen molar-refractivity contribution in [1.29, 1.82) is 0 Å². The highest BCUT2D eigenvalue weighted by Crippen LogP contribution is 2.42. The van der Waals surface area contributed by atoms with E-state index in [1.54, 1.807) is 6.07 Å². The average molecular weight is 325 g/mol. The van der Waals surface area contributed by atoms with Crippen LogP contribution in [0.5, 0.6) is 0 Å². The predicted octanol–water partition coefficient (Wildman–Crippen LogP) is 0.603. The quantitative estimate of drug-likeness (QED) is 0.794. The van der Waals surface area contributed by atoms with Crippen molar-refractivity contribution in [3.63, 3.8) is 0 Å². The molecule has 1 saturated heterocycles. The summed E-state index contributed by atoms with van der Waals surface area (Å²) < 4.78 is 27.1. The number of anilines is 2. The second-order valence-corrected chi connectivity index (χ2v) is 8.12. The van der Waals surface area contributed by atoms with Crippen LogP contribution in [0.4, 0.5) is 11.6 Å². The molecular formula is C14H23N5O2S. The molecule has 1 aliphatic heterocycles. The summed E-state index contributed by atoms with van der Waals surface area (Å²) in [5, 5.41) is 0. The Bertz CT molecular complexity index is 632. The monoisotopic (exact) mass is 325 g/mol. The Balaban J connectivity index is 1.75. The van der Waals surface area contributed by atoms with Gasteiger partial charge in [0.15, 0.2) is 0 Å². The number of nitrogen functional groups attached to an aromatic ring is 1. The number of hydrogen-bond acceptors (Lipinski definition) is 6. The minimum Gasteiger partial charge on any atom is -0.384 e. The van der Waals surface area contributed by atoms with Crippen LogP contribution >= 0.6 is 0 Å². The van der Waals surface area contributed by atoms with Gasteiger partial charge in [0.2, 0.25) is 10.0 Å². The molecule has 8 heteroatoms. The van der Waals surface area contributed by atoms with Crippen molar-refractivity contribution in [1.82, 2.24) is 14.7 Å². The van der Waals surface area contributed by atoms with Crippen molar-refractivity contribution >= 4 is 21.7 Å². The number of nitrogens with one attached hydrogen (secondary N) is 1. The van der Waals surface area contributed by atoms with Crippen molar-refractivity contribution in [2.24, 2.45) is 11.8 Å². The SMILES string of the molecule is CCCS(=O)(=O)N[C@@H]1CN(c2cc(N)ncn2)C[C@H]1C1CC1. The molecule has 1 saturated carbocycles. The number of sulfonamides is 1. The van der Waals surface area contributed by atoms with E-state index >= 15 is 0 Å². The summed E-state index contributed by atoms with van der Waals surface area (Å²) in [5.74, 6) is 2.36. The van der Waals surface area contributed by atoms with Crippen molar-refractivity contribution < 1.29 is 8.42 Å². The van der Waals surface area contributed by atoms with Gasteiger partial charge in [-0.2, -0.15) is 0 Å². The fourth-order valence-corrected chi connectivity index (χ4v) is 4.60. The lowest BCUT2D eigenvalue weighted by Gasteiger charge is -2.19. The Morgan fingerprint density at radius 2 is 2.14 bits per heavy atom. The molecule has 1 aromatic rings. The minimum absolute atomic E-state index is 0.0414. The Morgan fingerprint density at radius 1 is 1.36 bits per heavy atom. The van der Waals surface area contributed by atoms with Crippen molar-refractivity contribution in [2.75, 3.05) is 29.5 Å². The van der Waals surface area contributed by atoms with Crippen LogP contribution in [0.3, 0.4) is 0 Å². The van der Waals surface area contributed by atoms with Gasteiger partial charge >= 0.3 is 0 Å². The molecule has 1 aromatic heterocycles. The molecule has 3 N–H and O–H groups in total. The third-order valence-electron chi connectivity index (χ3n) is 4.39. The summed E-state index contributed by atoms with van der Waals surface area (Å²) in [5.41, 5.74) is 5.72. The molecule has 0 aromatic carbocycles. The zero-order valence-corrected chi connectivity index (χ0v) is 13.6. The Labute approximate surface area is 131 Å². The molecule has 0 bridgehead atoms. The van der Waals surface area contributed by atoms with Crippen LogP contribution in [0, 0.1) is 11.8 Å². The van der Waals surface area contributed by atoms with Gasteiger partial charge in [-0.15, -0.1) is 0 Å². The number of aromatic nitrogens is 2. The van der Waals surface area contributed by atoms with E-state index in [-0.39, 0.29) is 11.8 Å². The third-order valence-corrected chi connectivity index (χ3v) is 6.00. The second kappa shape index (κ2) is 6.00. The molecule has 3 rings (SSSR count). The number of hydrogen-bond donors (Lipinski definition) is 2. The molecule has 7 nitrogen and oxygen atoms in total. The van der Waals surface area contributed by atoms with Crippen LogP contribution in [0.15, 0.2) is 12.4 Å². The van der Waals surface area contributed by atoms with E-state index < -0.39 is 10.0 Å². The highest BCUT2D eigenvalue weighted by Gasteiger charge is 2.44. The van der Waals surface area contributed by atoms with Gasteiger partial charge in [-0.1, -0.05) is 6.92 Å². The van der Waals surface area contributed by atoms with Gasteiger partial charge in [0.05, 0.1) is 5.75 Å². The molecule has 2 aliphatic rings. The normalized spacial score (nSPS) is 25.6. The number of nitrogens with two attached hydrogens (primary N) is 1. The van der Waals surface area contributed by atoms with Gasteiger partial charge in [0.25, 0.3) is 0 Å². The number of nitrogens with zero attached hydrogens (tertiary/aromatic N) is 3. The topological polar surface area (TPSA) is 101 Å². The Kier molecular flexibility index (Phi) is 4.22. The van der Waals surface area contributed by atoms with E-state index in [0.717, 1.165) is 12.4 Å². The van der Waals surface area contributed by atoms with E-state index in [2.05, 4.69) is 19.6 Å². The average Bonchev–Trinajstić information content (AvgIpc) is 3.20. The summed E-state index contributed by atoms with van der Waals surface area (Å²) in [6, 6.07) is 1.70. The molecular weight excluding hydrogens is 302 g/mol. The van der Waals surface area contributed by atoms with Crippen LogP contribution in [-0.4, -0.2) is 43.3 Å². The molecule has 2 fully saturated rings. The third kappa shape index (κ3) is 3.49. The fraction of sp³-hybridized carbons (Fsp3) is 0.714. The maximum Gasteiger partial charge on any atom is 0.211 e. The summed E-state index contributed by atoms with van der Waals surface area (Å²) >= 11 is 0. The van der Waals surface area contributed by atoms with Gasteiger partial charge < -0.3 is 10.6 Å².